The van der Waals surface area contributed by atoms with Crippen LogP contribution < -0.4 is 0 Å². The van der Waals surface area contributed by atoms with Crippen molar-refractivity contribution in [3.05, 3.63) is 0 Å². The molecule has 1 nitrogen and oxygen atoms in total. The summed E-state index contributed by atoms with van der Waals surface area (Å²) in [6.45, 7) is 13.7. The van der Waals surface area contributed by atoms with Crippen LogP contribution in [0.4, 0.5) is 0 Å². The average Bonchev–Trinajstić information content (AvgIpc) is 2.20. The molecule has 1 heteroatoms. The maximum atomic E-state index is 2.48. The van der Waals surface area contributed by atoms with E-state index in [1.54, 1.807) is 0 Å². The van der Waals surface area contributed by atoms with Crippen molar-refractivity contribution < 1.29 is 0 Å². The van der Waals surface area contributed by atoms with Crippen LogP contribution in [0.1, 0.15) is 47.5 Å². The van der Waals surface area contributed by atoms with Crippen molar-refractivity contribution in [1.82, 2.24) is 4.90 Å². The molecule has 1 rings (SSSR count). The van der Waals surface area contributed by atoms with Crippen molar-refractivity contribution >= 4 is 0 Å². The summed E-state index contributed by atoms with van der Waals surface area (Å²) in [6.07, 6.45) is 2.78. The zero-order chi connectivity index (χ0) is 11.1. The maximum Gasteiger partial charge on any atom is 0.00117 e. The molecule has 0 aromatic rings. The first-order chi connectivity index (χ1) is 6.65. The summed E-state index contributed by atoms with van der Waals surface area (Å²) in [5.74, 6) is 2.78. The lowest BCUT2D eigenvalue weighted by atomic mass is 9.77. The number of nitrogens with zero attached hydrogens (tertiary/aromatic N) is 1. The zero-order valence-electron chi connectivity index (χ0n) is 11.0. The van der Waals surface area contributed by atoms with Gasteiger partial charge in [0.1, 0.15) is 0 Å². The Labute approximate surface area is 90.9 Å². The van der Waals surface area contributed by atoms with Crippen molar-refractivity contribution in [1.29, 1.82) is 0 Å². The molecule has 0 saturated carbocycles. The van der Waals surface area contributed by atoms with E-state index >= 15 is 0 Å². The van der Waals surface area contributed by atoms with Crippen LogP contribution in [0.15, 0.2) is 0 Å². The molecule has 0 N–H and O–H groups in total. The van der Waals surface area contributed by atoms with E-state index in [0.717, 1.165) is 17.8 Å². The predicted molar refractivity (Wildman–Crippen MR) is 65.6 cm³/mol. The molecule has 1 aliphatic rings. The summed E-state index contributed by atoms with van der Waals surface area (Å²) in [7, 11) is 2.25. The third kappa shape index (κ3) is 4.00. The second-order valence-corrected chi connectivity index (χ2v) is 4.63. The van der Waals surface area contributed by atoms with E-state index in [1.807, 2.05) is 13.8 Å². The molecular formula is C13H29N. The maximum absolute atomic E-state index is 2.48. The Morgan fingerprint density at radius 2 is 1.86 bits per heavy atom. The van der Waals surface area contributed by atoms with Crippen LogP contribution in [0.2, 0.25) is 0 Å². The Bertz CT molecular complexity index is 131. The minimum atomic E-state index is 0.859. The van der Waals surface area contributed by atoms with Crippen LogP contribution in [0, 0.1) is 17.8 Å². The van der Waals surface area contributed by atoms with Gasteiger partial charge in [0, 0.05) is 6.54 Å². The number of hydrogen-bond acceptors (Lipinski definition) is 1. The smallest absolute Gasteiger partial charge is 0.00117 e. The molecule has 1 heterocycles. The van der Waals surface area contributed by atoms with E-state index in [4.69, 9.17) is 0 Å². The summed E-state index contributed by atoms with van der Waals surface area (Å²) >= 11 is 0. The second kappa shape index (κ2) is 7.28. The van der Waals surface area contributed by atoms with E-state index in [9.17, 15) is 0 Å². The summed E-state index contributed by atoms with van der Waals surface area (Å²) < 4.78 is 0. The first-order valence-electron chi connectivity index (χ1n) is 6.33. The van der Waals surface area contributed by atoms with Crippen molar-refractivity contribution in [3.63, 3.8) is 0 Å². The lowest BCUT2D eigenvalue weighted by Crippen LogP contribution is -2.40. The summed E-state index contributed by atoms with van der Waals surface area (Å²) in [4.78, 5) is 2.48. The van der Waals surface area contributed by atoms with Crippen molar-refractivity contribution in [2.24, 2.45) is 17.8 Å². The largest absolute Gasteiger partial charge is 0.306 e. The molecule has 0 radical (unpaired) electrons. The van der Waals surface area contributed by atoms with Crippen molar-refractivity contribution in [2.75, 3.05) is 20.1 Å². The number of rotatable bonds is 2. The number of piperidine rings is 1. The van der Waals surface area contributed by atoms with Gasteiger partial charge in [-0.3, -0.25) is 0 Å². The van der Waals surface area contributed by atoms with Crippen LogP contribution in [-0.2, 0) is 0 Å². The molecule has 86 valence electrons. The zero-order valence-corrected chi connectivity index (χ0v) is 11.0. The summed E-state index contributed by atoms with van der Waals surface area (Å²) in [5, 5.41) is 0. The molecule has 0 bridgehead atoms. The van der Waals surface area contributed by atoms with Crippen LogP contribution in [0.5, 0.6) is 0 Å². The van der Waals surface area contributed by atoms with Gasteiger partial charge < -0.3 is 4.90 Å². The molecule has 0 aromatic heterocycles. The SMILES string of the molecule is CC.CCC1CCN(C)CC1C(C)C. The van der Waals surface area contributed by atoms with Gasteiger partial charge in [0.05, 0.1) is 0 Å². The minimum Gasteiger partial charge on any atom is -0.306 e. The molecule has 1 fully saturated rings. The summed E-state index contributed by atoms with van der Waals surface area (Å²) in [6, 6.07) is 0. The fourth-order valence-electron chi connectivity index (χ4n) is 2.46. The van der Waals surface area contributed by atoms with E-state index in [2.05, 4.69) is 32.7 Å². The van der Waals surface area contributed by atoms with Gasteiger partial charge in [0.2, 0.25) is 0 Å². The monoisotopic (exact) mass is 199 g/mol. The summed E-state index contributed by atoms with van der Waals surface area (Å²) in [5.41, 5.74) is 0. The topological polar surface area (TPSA) is 3.24 Å². The Morgan fingerprint density at radius 1 is 1.29 bits per heavy atom. The van der Waals surface area contributed by atoms with Crippen molar-refractivity contribution in [2.45, 2.75) is 47.5 Å². The molecule has 1 saturated heterocycles. The average molecular weight is 199 g/mol. The first-order valence-corrected chi connectivity index (χ1v) is 6.33. The first kappa shape index (κ1) is 14.0. The third-order valence-electron chi connectivity index (χ3n) is 3.39. The molecule has 0 aromatic carbocycles. The molecule has 2 atom stereocenters. The van der Waals surface area contributed by atoms with Crippen molar-refractivity contribution in [3.8, 4) is 0 Å². The quantitative estimate of drug-likeness (QED) is 0.656. The van der Waals surface area contributed by atoms with Gasteiger partial charge in [-0.05, 0) is 37.8 Å². The Hall–Kier alpha value is -0.0400. The highest BCUT2D eigenvalue weighted by Crippen LogP contribution is 2.30. The fourth-order valence-corrected chi connectivity index (χ4v) is 2.46. The lowest BCUT2D eigenvalue weighted by Gasteiger charge is -2.38. The molecule has 0 amide bonds. The molecule has 0 spiro atoms. The number of likely N-dealkylation sites (tertiary alicyclic amines) is 1. The number of hydrogen-bond donors (Lipinski definition) is 0. The highest BCUT2D eigenvalue weighted by atomic mass is 15.1. The predicted octanol–water partition coefficient (Wildman–Crippen LogP) is 3.65. The Balaban J connectivity index is 0.000000791. The molecular weight excluding hydrogens is 170 g/mol. The van der Waals surface area contributed by atoms with Crippen LogP contribution in [0.25, 0.3) is 0 Å². The minimum absolute atomic E-state index is 0.859. The van der Waals surface area contributed by atoms with Crippen LogP contribution >= 0.6 is 0 Å². The third-order valence-corrected chi connectivity index (χ3v) is 3.39. The van der Waals surface area contributed by atoms with Crippen LogP contribution in [-0.4, -0.2) is 25.0 Å². The molecule has 14 heavy (non-hydrogen) atoms. The lowest BCUT2D eigenvalue weighted by molar-refractivity contribution is 0.105. The highest BCUT2D eigenvalue weighted by Gasteiger charge is 2.28. The van der Waals surface area contributed by atoms with E-state index < -0.39 is 0 Å². The van der Waals surface area contributed by atoms with E-state index in [-0.39, 0.29) is 0 Å². The molecule has 1 aliphatic heterocycles. The van der Waals surface area contributed by atoms with Gasteiger partial charge in [0.15, 0.2) is 0 Å². The van der Waals surface area contributed by atoms with Gasteiger partial charge in [-0.1, -0.05) is 41.0 Å². The Morgan fingerprint density at radius 3 is 2.29 bits per heavy atom. The second-order valence-electron chi connectivity index (χ2n) is 4.63. The van der Waals surface area contributed by atoms with Gasteiger partial charge in [-0.25, -0.2) is 0 Å². The Kier molecular flexibility index (Phi) is 7.26. The van der Waals surface area contributed by atoms with Gasteiger partial charge in [0.25, 0.3) is 0 Å². The molecule has 0 aliphatic carbocycles. The van der Waals surface area contributed by atoms with E-state index in [1.165, 1.54) is 25.9 Å². The normalized spacial score (nSPS) is 28.5. The van der Waals surface area contributed by atoms with Crippen LogP contribution in [0.3, 0.4) is 0 Å². The van der Waals surface area contributed by atoms with Gasteiger partial charge in [-0.15, -0.1) is 0 Å². The van der Waals surface area contributed by atoms with Gasteiger partial charge in [-0.2, -0.15) is 0 Å². The highest BCUT2D eigenvalue weighted by molar-refractivity contribution is 4.80. The van der Waals surface area contributed by atoms with E-state index in [0.29, 0.717) is 0 Å². The van der Waals surface area contributed by atoms with Gasteiger partial charge >= 0.3 is 0 Å². The standard InChI is InChI=1S/C11H23N.C2H6/c1-5-10-6-7-12(4)8-11(10)9(2)3;1-2/h9-11H,5-8H2,1-4H3;1-2H3. The molecule has 2 unspecified atom stereocenters. The fraction of sp³-hybridized carbons (Fsp3) is 1.00.